The van der Waals surface area contributed by atoms with Crippen molar-refractivity contribution in [2.75, 3.05) is 20.6 Å². The highest BCUT2D eigenvalue weighted by atomic mass is 15.1. The summed E-state index contributed by atoms with van der Waals surface area (Å²) in [6.45, 7) is 3.04. The number of H-pyrrole nitrogens is 1. The van der Waals surface area contributed by atoms with E-state index in [1.807, 2.05) is 13.1 Å². The molecule has 0 aromatic carbocycles. The Balaban J connectivity index is 2.39. The summed E-state index contributed by atoms with van der Waals surface area (Å²) in [6, 6.07) is 0. The number of aromatic nitrogens is 2. The predicted molar refractivity (Wildman–Crippen MR) is 45.6 cm³/mol. The van der Waals surface area contributed by atoms with Crippen molar-refractivity contribution in [1.82, 2.24) is 14.9 Å². The van der Waals surface area contributed by atoms with Crippen LogP contribution in [-0.4, -0.2) is 35.5 Å². The standard InChI is InChI=1S/C8H15N3/c1-7-9-6-8(10-7)4-5-11(2)3/h6H,4-5H2,1-3H3,(H,9,10). The Morgan fingerprint density at radius 1 is 1.55 bits per heavy atom. The summed E-state index contributed by atoms with van der Waals surface area (Å²) in [5, 5.41) is 0. The predicted octanol–water partition coefficient (Wildman–Crippen LogP) is 0.822. The van der Waals surface area contributed by atoms with Gasteiger partial charge >= 0.3 is 0 Å². The number of nitrogens with zero attached hydrogens (tertiary/aromatic N) is 2. The van der Waals surface area contributed by atoms with E-state index in [-0.39, 0.29) is 0 Å². The molecular formula is C8H15N3. The van der Waals surface area contributed by atoms with E-state index in [0.29, 0.717) is 0 Å². The van der Waals surface area contributed by atoms with E-state index in [9.17, 15) is 0 Å². The Kier molecular flexibility index (Phi) is 2.65. The quantitative estimate of drug-likeness (QED) is 0.697. The maximum Gasteiger partial charge on any atom is 0.103 e. The van der Waals surface area contributed by atoms with Crippen LogP contribution in [0.4, 0.5) is 0 Å². The van der Waals surface area contributed by atoms with Gasteiger partial charge in [-0.05, 0) is 21.0 Å². The zero-order valence-electron chi connectivity index (χ0n) is 7.39. The van der Waals surface area contributed by atoms with E-state index < -0.39 is 0 Å². The smallest absolute Gasteiger partial charge is 0.103 e. The molecule has 0 aliphatic carbocycles. The number of imidazole rings is 1. The molecule has 0 aliphatic rings. The van der Waals surface area contributed by atoms with Gasteiger partial charge in [0, 0.05) is 24.9 Å². The highest BCUT2D eigenvalue weighted by Crippen LogP contribution is 1.96. The van der Waals surface area contributed by atoms with Gasteiger partial charge in [-0.2, -0.15) is 0 Å². The van der Waals surface area contributed by atoms with Gasteiger partial charge in [0.1, 0.15) is 5.82 Å². The van der Waals surface area contributed by atoms with Crippen molar-refractivity contribution in [3.05, 3.63) is 17.7 Å². The summed E-state index contributed by atoms with van der Waals surface area (Å²) < 4.78 is 0. The molecule has 0 amide bonds. The van der Waals surface area contributed by atoms with Crippen LogP contribution in [0.2, 0.25) is 0 Å². The van der Waals surface area contributed by atoms with Gasteiger partial charge in [-0.1, -0.05) is 0 Å². The minimum Gasteiger partial charge on any atom is -0.346 e. The molecule has 0 spiro atoms. The Bertz CT molecular complexity index is 215. The minimum atomic E-state index is 0.999. The first-order chi connectivity index (χ1) is 5.18. The number of aryl methyl sites for hydroxylation is 1. The molecule has 1 heterocycles. The average molecular weight is 153 g/mol. The number of aromatic amines is 1. The third kappa shape index (κ3) is 2.72. The monoisotopic (exact) mass is 153 g/mol. The van der Waals surface area contributed by atoms with Gasteiger partial charge in [0.2, 0.25) is 0 Å². The minimum absolute atomic E-state index is 0.999. The van der Waals surface area contributed by atoms with Crippen molar-refractivity contribution in [3.63, 3.8) is 0 Å². The van der Waals surface area contributed by atoms with Gasteiger partial charge in [-0.25, -0.2) is 4.98 Å². The second kappa shape index (κ2) is 3.53. The lowest BCUT2D eigenvalue weighted by Gasteiger charge is -2.06. The summed E-state index contributed by atoms with van der Waals surface area (Å²) in [6.07, 6.45) is 2.95. The van der Waals surface area contributed by atoms with Crippen LogP contribution < -0.4 is 0 Å². The maximum atomic E-state index is 4.12. The normalized spacial score (nSPS) is 10.9. The van der Waals surface area contributed by atoms with Crippen LogP contribution in [0.1, 0.15) is 11.5 Å². The molecule has 11 heavy (non-hydrogen) atoms. The first kappa shape index (κ1) is 8.27. The lowest BCUT2D eigenvalue weighted by atomic mass is 10.3. The molecule has 0 atom stereocenters. The third-order valence-electron chi connectivity index (χ3n) is 1.58. The third-order valence-corrected chi connectivity index (χ3v) is 1.58. The van der Waals surface area contributed by atoms with Crippen LogP contribution >= 0.6 is 0 Å². The first-order valence-electron chi connectivity index (χ1n) is 3.83. The molecule has 0 radical (unpaired) electrons. The largest absolute Gasteiger partial charge is 0.346 e. The van der Waals surface area contributed by atoms with Crippen LogP contribution in [0.5, 0.6) is 0 Å². The summed E-state index contributed by atoms with van der Waals surface area (Å²) in [7, 11) is 4.15. The van der Waals surface area contributed by atoms with Gasteiger partial charge in [-0.3, -0.25) is 0 Å². The molecule has 0 unspecified atom stereocenters. The Hall–Kier alpha value is -0.830. The van der Waals surface area contributed by atoms with Crippen LogP contribution in [0.25, 0.3) is 0 Å². The fourth-order valence-corrected chi connectivity index (χ4v) is 0.943. The lowest BCUT2D eigenvalue weighted by molar-refractivity contribution is 0.412. The van der Waals surface area contributed by atoms with Crippen LogP contribution in [-0.2, 0) is 6.42 Å². The van der Waals surface area contributed by atoms with E-state index in [2.05, 4.69) is 29.0 Å². The number of nitrogens with one attached hydrogen (secondary N) is 1. The number of rotatable bonds is 3. The van der Waals surface area contributed by atoms with E-state index in [4.69, 9.17) is 0 Å². The molecule has 0 bridgehead atoms. The van der Waals surface area contributed by atoms with Gasteiger partial charge in [0.05, 0.1) is 0 Å². The molecule has 3 heteroatoms. The van der Waals surface area contributed by atoms with Gasteiger partial charge in [0.25, 0.3) is 0 Å². The van der Waals surface area contributed by atoms with E-state index >= 15 is 0 Å². The summed E-state index contributed by atoms with van der Waals surface area (Å²) in [5.41, 5.74) is 1.22. The van der Waals surface area contributed by atoms with Crippen molar-refractivity contribution >= 4 is 0 Å². The van der Waals surface area contributed by atoms with Crippen LogP contribution in [0.15, 0.2) is 6.20 Å². The van der Waals surface area contributed by atoms with Gasteiger partial charge in [0.15, 0.2) is 0 Å². The molecule has 0 aliphatic heterocycles. The molecule has 0 fully saturated rings. The maximum absolute atomic E-state index is 4.12. The summed E-state index contributed by atoms with van der Waals surface area (Å²) in [5.74, 6) is 0.999. The molecule has 1 aromatic rings. The topological polar surface area (TPSA) is 31.9 Å². The molecular weight excluding hydrogens is 138 g/mol. The van der Waals surface area contributed by atoms with E-state index in [0.717, 1.165) is 18.8 Å². The second-order valence-corrected chi connectivity index (χ2v) is 3.05. The summed E-state index contributed by atoms with van der Waals surface area (Å²) >= 11 is 0. The highest BCUT2D eigenvalue weighted by molar-refractivity contribution is 4.99. The molecule has 1 aromatic heterocycles. The van der Waals surface area contributed by atoms with Crippen LogP contribution in [0, 0.1) is 6.92 Å². The van der Waals surface area contributed by atoms with Crippen LogP contribution in [0.3, 0.4) is 0 Å². The lowest BCUT2D eigenvalue weighted by Crippen LogP contribution is -2.15. The average Bonchev–Trinajstić information content (AvgIpc) is 2.31. The van der Waals surface area contributed by atoms with Gasteiger partial charge in [-0.15, -0.1) is 0 Å². The zero-order chi connectivity index (χ0) is 8.27. The molecule has 0 saturated heterocycles. The summed E-state index contributed by atoms with van der Waals surface area (Å²) in [4.78, 5) is 9.48. The van der Waals surface area contributed by atoms with Crippen molar-refractivity contribution < 1.29 is 0 Å². The second-order valence-electron chi connectivity index (χ2n) is 3.05. The number of hydrogen-bond donors (Lipinski definition) is 1. The van der Waals surface area contributed by atoms with Crippen molar-refractivity contribution in [3.8, 4) is 0 Å². The Morgan fingerprint density at radius 3 is 2.73 bits per heavy atom. The first-order valence-corrected chi connectivity index (χ1v) is 3.83. The Labute approximate surface area is 67.4 Å². The Morgan fingerprint density at radius 2 is 2.27 bits per heavy atom. The highest BCUT2D eigenvalue weighted by Gasteiger charge is 1.96. The molecule has 3 nitrogen and oxygen atoms in total. The van der Waals surface area contributed by atoms with Crippen molar-refractivity contribution in [2.24, 2.45) is 0 Å². The SMILES string of the molecule is Cc1ncc(CCN(C)C)[nH]1. The fraction of sp³-hybridized carbons (Fsp3) is 0.625. The fourth-order valence-electron chi connectivity index (χ4n) is 0.943. The number of likely N-dealkylation sites (N-methyl/N-ethyl adjacent to an activating group) is 1. The van der Waals surface area contributed by atoms with E-state index in [1.165, 1.54) is 5.69 Å². The molecule has 1 rings (SSSR count). The number of hydrogen-bond acceptors (Lipinski definition) is 2. The van der Waals surface area contributed by atoms with Crippen molar-refractivity contribution in [1.29, 1.82) is 0 Å². The molecule has 0 saturated carbocycles. The van der Waals surface area contributed by atoms with Crippen molar-refractivity contribution in [2.45, 2.75) is 13.3 Å². The van der Waals surface area contributed by atoms with Gasteiger partial charge < -0.3 is 9.88 Å². The van der Waals surface area contributed by atoms with E-state index in [1.54, 1.807) is 0 Å². The molecule has 62 valence electrons. The molecule has 1 N–H and O–H groups in total. The zero-order valence-corrected chi connectivity index (χ0v) is 7.39.